The van der Waals surface area contributed by atoms with Crippen LogP contribution in [0, 0.1) is 0 Å². The van der Waals surface area contributed by atoms with E-state index in [2.05, 4.69) is 0 Å². The third-order valence-corrected chi connectivity index (χ3v) is 2.12. The van der Waals surface area contributed by atoms with Gasteiger partial charge in [-0.3, -0.25) is 4.90 Å². The lowest BCUT2D eigenvalue weighted by Crippen LogP contribution is -2.53. The molecule has 0 aliphatic heterocycles. The van der Waals surface area contributed by atoms with Crippen LogP contribution in [0.25, 0.3) is 0 Å². The van der Waals surface area contributed by atoms with Crippen LogP contribution in [0.1, 0.15) is 27.7 Å². The minimum atomic E-state index is -1.00. The lowest BCUT2D eigenvalue weighted by Gasteiger charge is -2.34. The van der Waals surface area contributed by atoms with Crippen molar-refractivity contribution in [1.29, 1.82) is 0 Å². The van der Waals surface area contributed by atoms with Gasteiger partial charge in [0.2, 0.25) is 0 Å². The van der Waals surface area contributed by atoms with Gasteiger partial charge in [0.1, 0.15) is 17.4 Å². The molecule has 0 rings (SSSR count). The fourth-order valence-electron chi connectivity index (χ4n) is 1.04. The maximum atomic E-state index is 11.7. The highest BCUT2D eigenvalue weighted by Crippen LogP contribution is 2.16. The molecule has 0 aromatic rings. The molecule has 0 radical (unpaired) electrons. The maximum absolute atomic E-state index is 11.7. The second kappa shape index (κ2) is 5.30. The van der Waals surface area contributed by atoms with E-state index >= 15 is 0 Å². The van der Waals surface area contributed by atoms with E-state index in [0.717, 1.165) is 0 Å². The molecule has 0 saturated carbocycles. The first-order valence-corrected chi connectivity index (χ1v) is 5.08. The number of hydrogen-bond donors (Lipinski definition) is 0. The van der Waals surface area contributed by atoms with Crippen molar-refractivity contribution in [1.82, 2.24) is 4.90 Å². The summed E-state index contributed by atoms with van der Waals surface area (Å²) in [5, 5.41) is 0. The van der Waals surface area contributed by atoms with Crippen molar-refractivity contribution in [2.24, 2.45) is 0 Å². The predicted octanol–water partition coefficient (Wildman–Crippen LogP) is 1.46. The Balaban J connectivity index is 4.69. The third-order valence-electron chi connectivity index (χ3n) is 2.12. The van der Waals surface area contributed by atoms with E-state index in [1.807, 2.05) is 0 Å². The van der Waals surface area contributed by atoms with Gasteiger partial charge in [0, 0.05) is 14.2 Å². The van der Waals surface area contributed by atoms with Crippen molar-refractivity contribution < 1.29 is 19.1 Å². The molecular formula is C11H21NO4. The van der Waals surface area contributed by atoms with E-state index < -0.39 is 17.2 Å². The lowest BCUT2D eigenvalue weighted by molar-refractivity contribution is -0.120. The summed E-state index contributed by atoms with van der Waals surface area (Å²) in [6.45, 7) is 7.06. The van der Waals surface area contributed by atoms with E-state index in [1.54, 1.807) is 27.7 Å². The molecular weight excluding hydrogens is 210 g/mol. The van der Waals surface area contributed by atoms with Crippen LogP contribution in [-0.2, 0) is 14.3 Å². The number of rotatable bonds is 4. The molecule has 1 atom stereocenters. The Morgan fingerprint density at radius 2 is 1.81 bits per heavy atom. The molecule has 0 aliphatic carbocycles. The van der Waals surface area contributed by atoms with Crippen molar-refractivity contribution >= 4 is 12.4 Å². The minimum absolute atomic E-state index is 0.131. The van der Waals surface area contributed by atoms with Gasteiger partial charge in [0.05, 0.1) is 6.61 Å². The Kier molecular flexibility index (Phi) is 4.93. The predicted molar refractivity (Wildman–Crippen MR) is 60.3 cm³/mol. The highest BCUT2D eigenvalue weighted by molar-refractivity contribution is 5.76. The molecule has 0 N–H and O–H groups in total. The van der Waals surface area contributed by atoms with E-state index in [0.29, 0.717) is 6.29 Å². The third kappa shape index (κ3) is 4.18. The molecule has 0 aromatic heterocycles. The average Bonchev–Trinajstić information content (AvgIpc) is 2.14. The minimum Gasteiger partial charge on any atom is -0.444 e. The number of aldehydes is 1. The summed E-state index contributed by atoms with van der Waals surface area (Å²) in [6, 6.07) is 0. The Labute approximate surface area is 96.7 Å². The molecule has 5 nitrogen and oxygen atoms in total. The second-order valence-corrected chi connectivity index (χ2v) is 4.95. The first-order valence-electron chi connectivity index (χ1n) is 5.08. The molecule has 0 aromatic carbocycles. The first-order chi connectivity index (χ1) is 7.16. The fraction of sp³-hybridized carbons (Fsp3) is 0.818. The number of carbonyl (C=O) groups is 2. The van der Waals surface area contributed by atoms with Crippen LogP contribution < -0.4 is 0 Å². The number of ether oxygens (including phenoxy) is 2. The van der Waals surface area contributed by atoms with Gasteiger partial charge in [-0.15, -0.1) is 0 Å². The zero-order chi connectivity index (χ0) is 13.0. The van der Waals surface area contributed by atoms with Crippen LogP contribution in [0.5, 0.6) is 0 Å². The van der Waals surface area contributed by atoms with Gasteiger partial charge in [0.25, 0.3) is 0 Å². The number of hydrogen-bond acceptors (Lipinski definition) is 4. The zero-order valence-electron chi connectivity index (χ0n) is 10.9. The molecule has 0 bridgehead atoms. The molecule has 0 spiro atoms. The standard InChI is InChI=1S/C11H21NO4/c1-10(2,3)16-9(14)12(5)11(4,7-13)8-15-6/h7H,8H2,1-6H3. The quantitative estimate of drug-likeness (QED) is 0.687. The SMILES string of the molecule is COCC(C)(C=O)N(C)C(=O)OC(C)(C)C. The van der Waals surface area contributed by atoms with Crippen molar-refractivity contribution in [2.75, 3.05) is 20.8 Å². The number of methoxy groups -OCH3 is 1. The smallest absolute Gasteiger partial charge is 0.410 e. The van der Waals surface area contributed by atoms with E-state index in [1.165, 1.54) is 19.1 Å². The van der Waals surface area contributed by atoms with Gasteiger partial charge in [-0.25, -0.2) is 4.79 Å². The van der Waals surface area contributed by atoms with Crippen LogP contribution in [0.15, 0.2) is 0 Å². The summed E-state index contributed by atoms with van der Waals surface area (Å²) in [4.78, 5) is 24.0. The normalized spacial score (nSPS) is 15.1. The van der Waals surface area contributed by atoms with Crippen LogP contribution >= 0.6 is 0 Å². The lowest BCUT2D eigenvalue weighted by atomic mass is 10.1. The summed E-state index contributed by atoms with van der Waals surface area (Å²) in [5.74, 6) is 0. The molecule has 0 fully saturated rings. The van der Waals surface area contributed by atoms with E-state index in [4.69, 9.17) is 9.47 Å². The fourth-order valence-corrected chi connectivity index (χ4v) is 1.04. The molecule has 94 valence electrons. The summed E-state index contributed by atoms with van der Waals surface area (Å²) >= 11 is 0. The average molecular weight is 231 g/mol. The Hall–Kier alpha value is -1.10. The Morgan fingerprint density at radius 3 is 2.12 bits per heavy atom. The summed E-state index contributed by atoms with van der Waals surface area (Å²) in [6.07, 6.45) is 0.139. The molecule has 0 aliphatic rings. The van der Waals surface area contributed by atoms with Crippen LogP contribution in [0.2, 0.25) is 0 Å². The Bertz CT molecular complexity index is 259. The molecule has 0 heterocycles. The van der Waals surface area contributed by atoms with Crippen molar-refractivity contribution in [3.05, 3.63) is 0 Å². The highest BCUT2D eigenvalue weighted by Gasteiger charge is 2.35. The number of nitrogens with zero attached hydrogens (tertiary/aromatic N) is 1. The molecule has 1 unspecified atom stereocenters. The largest absolute Gasteiger partial charge is 0.444 e. The molecule has 1 amide bonds. The molecule has 5 heteroatoms. The molecule has 16 heavy (non-hydrogen) atoms. The van der Waals surface area contributed by atoms with Crippen molar-refractivity contribution in [3.63, 3.8) is 0 Å². The first kappa shape index (κ1) is 14.9. The molecule has 0 saturated heterocycles. The second-order valence-electron chi connectivity index (χ2n) is 4.95. The Morgan fingerprint density at radius 1 is 1.31 bits per heavy atom. The number of amides is 1. The van der Waals surface area contributed by atoms with Gasteiger partial charge in [-0.2, -0.15) is 0 Å². The summed E-state index contributed by atoms with van der Waals surface area (Å²) in [7, 11) is 2.99. The van der Waals surface area contributed by atoms with Crippen molar-refractivity contribution in [3.8, 4) is 0 Å². The van der Waals surface area contributed by atoms with Gasteiger partial charge in [-0.05, 0) is 27.7 Å². The van der Waals surface area contributed by atoms with Gasteiger partial charge in [0.15, 0.2) is 0 Å². The van der Waals surface area contributed by atoms with E-state index in [-0.39, 0.29) is 6.61 Å². The number of likely N-dealkylation sites (N-methyl/N-ethyl adjacent to an activating group) is 1. The monoisotopic (exact) mass is 231 g/mol. The van der Waals surface area contributed by atoms with Crippen molar-refractivity contribution in [2.45, 2.75) is 38.8 Å². The summed E-state index contributed by atoms with van der Waals surface area (Å²) < 4.78 is 10.1. The zero-order valence-corrected chi connectivity index (χ0v) is 10.9. The summed E-state index contributed by atoms with van der Waals surface area (Å²) in [5.41, 5.74) is -1.58. The number of carbonyl (C=O) groups excluding carboxylic acids is 2. The topological polar surface area (TPSA) is 55.8 Å². The van der Waals surface area contributed by atoms with Gasteiger partial charge in [-0.1, -0.05) is 0 Å². The van der Waals surface area contributed by atoms with Gasteiger partial charge >= 0.3 is 6.09 Å². The van der Waals surface area contributed by atoms with Crippen LogP contribution in [-0.4, -0.2) is 49.2 Å². The highest BCUT2D eigenvalue weighted by atomic mass is 16.6. The van der Waals surface area contributed by atoms with Crippen LogP contribution in [0.3, 0.4) is 0 Å². The van der Waals surface area contributed by atoms with E-state index in [9.17, 15) is 9.59 Å². The van der Waals surface area contributed by atoms with Crippen LogP contribution in [0.4, 0.5) is 4.79 Å². The van der Waals surface area contributed by atoms with Gasteiger partial charge < -0.3 is 14.3 Å². The maximum Gasteiger partial charge on any atom is 0.410 e.